The number of hydrogen-bond acceptors (Lipinski definition) is 5. The van der Waals surface area contributed by atoms with Gasteiger partial charge < -0.3 is 20.1 Å². The Kier molecular flexibility index (Phi) is 11.8. The fourth-order valence-electron chi connectivity index (χ4n) is 4.24. The van der Waals surface area contributed by atoms with Crippen molar-refractivity contribution in [1.82, 2.24) is 20.4 Å². The van der Waals surface area contributed by atoms with Crippen molar-refractivity contribution in [2.45, 2.75) is 79.3 Å². The largest absolute Gasteiger partial charge is 0.496 e. The van der Waals surface area contributed by atoms with Crippen LogP contribution in [0.15, 0.2) is 24.3 Å². The molecule has 2 N–H and O–H groups in total. The average Bonchev–Trinajstić information content (AvgIpc) is 3.23. The van der Waals surface area contributed by atoms with Gasteiger partial charge >= 0.3 is 0 Å². The number of aromatic nitrogens is 2. The Balaban J connectivity index is 2.30. The summed E-state index contributed by atoms with van der Waals surface area (Å²) in [6.07, 6.45) is 4.11. The number of nitrogens with one attached hydrogen (secondary N) is 2. The third-order valence-electron chi connectivity index (χ3n) is 5.86. The molecule has 0 aliphatic heterocycles. The molecule has 0 spiro atoms. The number of unbranched alkanes of at least 4 members (excludes halogenated alkanes) is 2. The van der Waals surface area contributed by atoms with Gasteiger partial charge in [-0.05, 0) is 42.9 Å². The van der Waals surface area contributed by atoms with E-state index in [0.29, 0.717) is 48.5 Å². The number of rotatable bonds is 15. The van der Waals surface area contributed by atoms with Crippen LogP contribution in [0.4, 0.5) is 0 Å². The Morgan fingerprint density at radius 1 is 1.03 bits per heavy atom. The quantitative estimate of drug-likeness (QED) is 0.333. The fraction of sp³-hybridized carbons (Fsp3) is 0.607. The molecule has 2 aromatic rings. The number of hydrogen-bond donors (Lipinski definition) is 2. The lowest BCUT2D eigenvalue weighted by Crippen LogP contribution is -2.40. The van der Waals surface area contributed by atoms with Crippen LogP contribution in [0.3, 0.4) is 0 Å². The molecule has 2 rings (SSSR count). The maximum atomic E-state index is 13.3. The van der Waals surface area contributed by atoms with Gasteiger partial charge in [-0.15, -0.1) is 0 Å². The summed E-state index contributed by atoms with van der Waals surface area (Å²) < 4.78 is 13.0. The third-order valence-corrected chi connectivity index (χ3v) is 5.86. The predicted octanol–water partition coefficient (Wildman–Crippen LogP) is 5.06. The SMILES string of the molecule is CCCCCNC(=O)CC(CC(C)C)NC(=O)c1cc(-c2c(OC)cccc2OC)n(CC(C)C)n1. The number of carbonyl (C=O) groups excluding carboxylic acids is 2. The van der Waals surface area contributed by atoms with Crippen molar-refractivity contribution in [2.75, 3.05) is 20.8 Å². The van der Waals surface area contributed by atoms with E-state index in [2.05, 4.69) is 50.4 Å². The van der Waals surface area contributed by atoms with Gasteiger partial charge in [0.2, 0.25) is 5.91 Å². The van der Waals surface area contributed by atoms with Crippen LogP contribution >= 0.6 is 0 Å². The number of nitrogens with zero attached hydrogens (tertiary/aromatic N) is 2. The van der Waals surface area contributed by atoms with Gasteiger partial charge in [-0.2, -0.15) is 5.10 Å². The van der Waals surface area contributed by atoms with E-state index in [4.69, 9.17) is 9.47 Å². The van der Waals surface area contributed by atoms with Crippen molar-refractivity contribution < 1.29 is 19.1 Å². The average molecular weight is 501 g/mol. The van der Waals surface area contributed by atoms with Gasteiger partial charge in [0.15, 0.2) is 5.69 Å². The van der Waals surface area contributed by atoms with Crippen molar-refractivity contribution in [3.63, 3.8) is 0 Å². The Labute approximate surface area is 216 Å². The Hall–Kier alpha value is -3.03. The molecule has 1 unspecified atom stereocenters. The molecule has 1 aromatic carbocycles. The molecule has 0 saturated heterocycles. The van der Waals surface area contributed by atoms with Gasteiger partial charge in [-0.1, -0.05) is 53.5 Å². The van der Waals surface area contributed by atoms with Crippen LogP contribution in [0, 0.1) is 11.8 Å². The highest BCUT2D eigenvalue weighted by atomic mass is 16.5. The minimum atomic E-state index is -0.294. The van der Waals surface area contributed by atoms with Crippen molar-refractivity contribution in [2.24, 2.45) is 11.8 Å². The summed E-state index contributed by atoms with van der Waals surface area (Å²) in [5.41, 5.74) is 1.80. The molecular formula is C28H44N4O4. The molecule has 0 saturated carbocycles. The summed E-state index contributed by atoms with van der Waals surface area (Å²) in [6.45, 7) is 11.8. The van der Waals surface area contributed by atoms with E-state index in [-0.39, 0.29) is 24.3 Å². The van der Waals surface area contributed by atoms with Crippen LogP contribution in [-0.4, -0.2) is 48.4 Å². The lowest BCUT2D eigenvalue weighted by molar-refractivity contribution is -0.121. The first-order valence-electron chi connectivity index (χ1n) is 13.1. The molecule has 0 aliphatic rings. The highest BCUT2D eigenvalue weighted by Crippen LogP contribution is 2.38. The number of carbonyl (C=O) groups is 2. The zero-order valence-electron chi connectivity index (χ0n) is 23.0. The van der Waals surface area contributed by atoms with Crippen molar-refractivity contribution in [1.29, 1.82) is 0 Å². The molecule has 200 valence electrons. The Morgan fingerprint density at radius 3 is 2.25 bits per heavy atom. The van der Waals surface area contributed by atoms with Gasteiger partial charge in [0, 0.05) is 25.6 Å². The number of ether oxygens (including phenoxy) is 2. The Morgan fingerprint density at radius 2 is 1.69 bits per heavy atom. The number of benzene rings is 1. The maximum Gasteiger partial charge on any atom is 0.272 e. The standard InChI is InChI=1S/C28H44N4O4/c1-8-9-10-14-29-26(33)16-21(15-19(2)3)30-28(34)22-17-23(32(31-22)18-20(4)5)27-24(35-6)12-11-13-25(27)36-7/h11-13,17,19-21H,8-10,14-16,18H2,1-7H3,(H,29,33)(H,30,34). The minimum absolute atomic E-state index is 0.0400. The zero-order valence-corrected chi connectivity index (χ0v) is 23.0. The topological polar surface area (TPSA) is 94.5 Å². The molecule has 8 heteroatoms. The van der Waals surface area contributed by atoms with Crippen LogP contribution in [0.2, 0.25) is 0 Å². The summed E-state index contributed by atoms with van der Waals surface area (Å²) >= 11 is 0. The molecule has 0 aliphatic carbocycles. The van der Waals surface area contributed by atoms with Gasteiger partial charge in [-0.25, -0.2) is 0 Å². The van der Waals surface area contributed by atoms with Crippen molar-refractivity contribution in [3.05, 3.63) is 30.0 Å². The van der Waals surface area contributed by atoms with Crippen LogP contribution in [-0.2, 0) is 11.3 Å². The molecule has 0 fully saturated rings. The van der Waals surface area contributed by atoms with E-state index in [0.717, 1.165) is 30.5 Å². The first-order valence-corrected chi connectivity index (χ1v) is 13.1. The fourth-order valence-corrected chi connectivity index (χ4v) is 4.24. The summed E-state index contributed by atoms with van der Waals surface area (Å²) in [4.78, 5) is 25.8. The molecule has 0 bridgehead atoms. The summed E-state index contributed by atoms with van der Waals surface area (Å²) in [5, 5.41) is 10.7. The molecule has 1 heterocycles. The summed E-state index contributed by atoms with van der Waals surface area (Å²) in [6, 6.07) is 7.09. The van der Waals surface area contributed by atoms with Crippen molar-refractivity contribution >= 4 is 11.8 Å². The van der Waals surface area contributed by atoms with E-state index in [1.165, 1.54) is 0 Å². The first-order chi connectivity index (χ1) is 17.2. The maximum absolute atomic E-state index is 13.3. The number of amides is 2. The summed E-state index contributed by atoms with van der Waals surface area (Å²) in [7, 11) is 3.22. The van der Waals surface area contributed by atoms with E-state index < -0.39 is 0 Å². The van der Waals surface area contributed by atoms with Crippen LogP contribution < -0.4 is 20.1 Å². The van der Waals surface area contributed by atoms with Crippen LogP contribution in [0.25, 0.3) is 11.3 Å². The molecule has 1 aromatic heterocycles. The molecule has 2 amide bonds. The van der Waals surface area contributed by atoms with E-state index >= 15 is 0 Å². The second-order valence-electron chi connectivity index (χ2n) is 10.1. The molecule has 8 nitrogen and oxygen atoms in total. The van der Waals surface area contributed by atoms with E-state index in [1.807, 2.05) is 22.9 Å². The van der Waals surface area contributed by atoms with Gasteiger partial charge in [0.25, 0.3) is 5.91 Å². The highest BCUT2D eigenvalue weighted by molar-refractivity contribution is 5.94. The molecule has 1 atom stereocenters. The minimum Gasteiger partial charge on any atom is -0.496 e. The molecular weight excluding hydrogens is 456 g/mol. The van der Waals surface area contributed by atoms with Gasteiger partial charge in [0.1, 0.15) is 11.5 Å². The summed E-state index contributed by atoms with van der Waals surface area (Å²) in [5.74, 6) is 1.59. The Bertz CT molecular complexity index is 962. The van der Waals surface area contributed by atoms with Crippen LogP contribution in [0.5, 0.6) is 11.5 Å². The van der Waals surface area contributed by atoms with Gasteiger partial charge in [0.05, 0.1) is 25.5 Å². The molecule has 0 radical (unpaired) electrons. The third kappa shape index (κ3) is 8.57. The second-order valence-corrected chi connectivity index (χ2v) is 10.1. The predicted molar refractivity (Wildman–Crippen MR) is 143 cm³/mol. The monoisotopic (exact) mass is 500 g/mol. The molecule has 36 heavy (non-hydrogen) atoms. The van der Waals surface area contributed by atoms with E-state index in [9.17, 15) is 9.59 Å². The first kappa shape index (κ1) is 29.2. The normalized spacial score (nSPS) is 12.0. The zero-order chi connectivity index (χ0) is 26.7. The van der Waals surface area contributed by atoms with E-state index in [1.54, 1.807) is 20.3 Å². The smallest absolute Gasteiger partial charge is 0.272 e. The number of methoxy groups -OCH3 is 2. The van der Waals surface area contributed by atoms with Gasteiger partial charge in [-0.3, -0.25) is 14.3 Å². The van der Waals surface area contributed by atoms with Crippen molar-refractivity contribution in [3.8, 4) is 22.8 Å². The lowest BCUT2D eigenvalue weighted by Gasteiger charge is -2.20. The highest BCUT2D eigenvalue weighted by Gasteiger charge is 2.24. The second kappa shape index (κ2) is 14.5. The lowest BCUT2D eigenvalue weighted by atomic mass is 10.0. The van der Waals surface area contributed by atoms with Crippen LogP contribution in [0.1, 0.15) is 77.2 Å².